The maximum atomic E-state index is 5.07. The first-order valence-corrected chi connectivity index (χ1v) is 2.79. The fraction of sp³-hybridized carbons (Fsp3) is 1.00. The highest BCUT2D eigenvalue weighted by Gasteiger charge is 2.05. The molecule has 0 saturated carbocycles. The van der Waals surface area contributed by atoms with Crippen LogP contribution in [-0.2, 0) is 4.94 Å². The Balaban J connectivity index is 3.11. The van der Waals surface area contributed by atoms with Gasteiger partial charge in [0.25, 0.3) is 0 Å². The molecule has 0 aliphatic carbocycles. The van der Waals surface area contributed by atoms with E-state index >= 15 is 0 Å². The third-order valence-electron chi connectivity index (χ3n) is 0.483. The Morgan fingerprint density at radius 2 is 1.88 bits per heavy atom. The summed E-state index contributed by atoms with van der Waals surface area (Å²) in [4.78, 5) is 5.07. The van der Waals surface area contributed by atoms with Crippen molar-refractivity contribution in [2.45, 2.75) is 6.92 Å². The van der Waals surface area contributed by atoms with Gasteiger partial charge < -0.3 is 0 Å². The third-order valence-corrected chi connectivity index (χ3v) is 0.483. The molecule has 0 aliphatic heterocycles. The first-order valence-electron chi connectivity index (χ1n) is 2.79. The van der Waals surface area contributed by atoms with Crippen LogP contribution in [0.15, 0.2) is 0 Å². The van der Waals surface area contributed by atoms with Crippen molar-refractivity contribution in [1.29, 1.82) is 0 Å². The molecule has 0 spiro atoms. The summed E-state index contributed by atoms with van der Waals surface area (Å²) in [5.74, 6) is 0. The Labute approximate surface area is 50.7 Å². The van der Waals surface area contributed by atoms with E-state index in [1.165, 1.54) is 0 Å². The van der Waals surface area contributed by atoms with Crippen LogP contribution >= 0.6 is 0 Å². The van der Waals surface area contributed by atoms with E-state index in [1.54, 1.807) is 0 Å². The van der Waals surface area contributed by atoms with Crippen molar-refractivity contribution in [3.05, 3.63) is 0 Å². The molecule has 0 fully saturated rings. The zero-order valence-electron chi connectivity index (χ0n) is 6.06. The summed E-state index contributed by atoms with van der Waals surface area (Å²) in [6, 6.07) is 0. The molecule has 50 valence electrons. The Morgan fingerprint density at radius 3 is 2.00 bits per heavy atom. The highest BCUT2D eigenvalue weighted by Crippen LogP contribution is 1.85. The zero-order chi connectivity index (χ0) is 6.62. The Kier molecular flexibility index (Phi) is 2.97. The second-order valence-corrected chi connectivity index (χ2v) is 2.48. The van der Waals surface area contributed by atoms with E-state index in [0.717, 1.165) is 6.54 Å². The van der Waals surface area contributed by atoms with Gasteiger partial charge in [0.2, 0.25) is 0 Å². The predicted molar refractivity (Wildman–Crippen MR) is 32.8 cm³/mol. The number of rotatable bonds is 3. The number of hydrogen-bond donors (Lipinski definition) is 1. The molecule has 0 aromatic rings. The minimum absolute atomic E-state index is 0.494. The van der Waals surface area contributed by atoms with E-state index < -0.39 is 0 Å². The molecule has 0 atom stereocenters. The first-order chi connectivity index (χ1) is 3.56. The third kappa shape index (κ3) is 5.88. The quantitative estimate of drug-likeness (QED) is 0.422. The Hall–Kier alpha value is -0.120. The monoisotopic (exact) mass is 119 g/mol. The number of quaternary nitrogens is 1. The SMILES string of the molecule is CCNO[N+](C)(C)C. The Bertz CT molecular complexity index is 57.9. The van der Waals surface area contributed by atoms with Crippen LogP contribution in [0.1, 0.15) is 6.92 Å². The van der Waals surface area contributed by atoms with Gasteiger partial charge in [0, 0.05) is 6.54 Å². The van der Waals surface area contributed by atoms with Crippen molar-refractivity contribution in [1.82, 2.24) is 5.48 Å². The first kappa shape index (κ1) is 7.88. The van der Waals surface area contributed by atoms with Crippen LogP contribution in [0.4, 0.5) is 0 Å². The second-order valence-electron chi connectivity index (χ2n) is 2.48. The fourth-order valence-corrected chi connectivity index (χ4v) is 0.258. The maximum Gasteiger partial charge on any atom is 0.1000 e. The molecule has 3 heteroatoms. The summed E-state index contributed by atoms with van der Waals surface area (Å²) in [6.07, 6.45) is 0. The minimum atomic E-state index is 0.494. The lowest BCUT2D eigenvalue weighted by molar-refractivity contribution is -1.07. The molecular weight excluding hydrogens is 104 g/mol. The van der Waals surface area contributed by atoms with Gasteiger partial charge in [-0.15, -0.1) is 10.4 Å². The molecule has 0 radical (unpaired) electrons. The molecule has 0 heterocycles. The van der Waals surface area contributed by atoms with Crippen LogP contribution in [0.25, 0.3) is 0 Å². The van der Waals surface area contributed by atoms with Crippen LogP contribution in [-0.4, -0.2) is 32.3 Å². The fourth-order valence-electron chi connectivity index (χ4n) is 0.258. The molecule has 8 heavy (non-hydrogen) atoms. The van der Waals surface area contributed by atoms with Gasteiger partial charge in [-0.25, -0.2) is 0 Å². The van der Waals surface area contributed by atoms with Crippen LogP contribution in [0.2, 0.25) is 0 Å². The van der Waals surface area contributed by atoms with Crippen LogP contribution in [0.5, 0.6) is 0 Å². The van der Waals surface area contributed by atoms with Gasteiger partial charge in [-0.2, -0.15) is 4.65 Å². The van der Waals surface area contributed by atoms with Gasteiger partial charge in [-0.3, -0.25) is 0 Å². The molecule has 0 bridgehead atoms. The Morgan fingerprint density at radius 1 is 1.38 bits per heavy atom. The normalized spacial score (nSPS) is 12.0. The molecule has 0 aliphatic rings. The number of hydroxylamine groups is 4. The predicted octanol–water partition coefficient (Wildman–Crippen LogP) is 0.149. The van der Waals surface area contributed by atoms with E-state index in [9.17, 15) is 0 Å². The van der Waals surface area contributed by atoms with Gasteiger partial charge in [0.15, 0.2) is 0 Å². The molecule has 0 aromatic heterocycles. The summed E-state index contributed by atoms with van der Waals surface area (Å²) in [5, 5.41) is 0. The van der Waals surface area contributed by atoms with Crippen LogP contribution in [0.3, 0.4) is 0 Å². The zero-order valence-corrected chi connectivity index (χ0v) is 6.06. The van der Waals surface area contributed by atoms with E-state index in [4.69, 9.17) is 4.94 Å². The average Bonchev–Trinajstić information content (AvgIpc) is 1.59. The molecule has 0 amide bonds. The molecule has 0 rings (SSSR count). The molecular formula is C5H15N2O+. The topological polar surface area (TPSA) is 21.3 Å². The van der Waals surface area contributed by atoms with Gasteiger partial charge in [-0.05, 0) is 0 Å². The largest absolute Gasteiger partial charge is 0.167 e. The highest BCUT2D eigenvalue weighted by molar-refractivity contribution is 4.07. The maximum absolute atomic E-state index is 5.07. The summed E-state index contributed by atoms with van der Waals surface area (Å²) < 4.78 is 0.494. The second kappa shape index (κ2) is 3.02. The molecule has 0 saturated heterocycles. The number of hydrogen-bond acceptors (Lipinski definition) is 2. The summed E-state index contributed by atoms with van der Waals surface area (Å²) >= 11 is 0. The van der Waals surface area contributed by atoms with Crippen molar-refractivity contribution in [2.75, 3.05) is 27.7 Å². The molecule has 3 nitrogen and oxygen atoms in total. The minimum Gasteiger partial charge on any atom is -0.167 e. The van der Waals surface area contributed by atoms with Crippen molar-refractivity contribution < 1.29 is 9.58 Å². The molecule has 0 aromatic carbocycles. The smallest absolute Gasteiger partial charge is 0.1000 e. The van der Waals surface area contributed by atoms with E-state index in [2.05, 4.69) is 5.48 Å². The molecule has 1 N–H and O–H groups in total. The summed E-state index contributed by atoms with van der Waals surface area (Å²) in [7, 11) is 5.84. The van der Waals surface area contributed by atoms with Crippen LogP contribution < -0.4 is 5.48 Å². The average molecular weight is 119 g/mol. The lowest BCUT2D eigenvalue weighted by Crippen LogP contribution is -2.40. The van der Waals surface area contributed by atoms with Crippen LogP contribution in [0, 0.1) is 0 Å². The van der Waals surface area contributed by atoms with E-state index in [1.807, 2.05) is 28.1 Å². The van der Waals surface area contributed by atoms with Crippen molar-refractivity contribution in [3.63, 3.8) is 0 Å². The number of nitrogens with one attached hydrogen (secondary N) is 1. The lowest BCUT2D eigenvalue weighted by Gasteiger charge is -2.19. The van der Waals surface area contributed by atoms with E-state index in [-0.39, 0.29) is 0 Å². The van der Waals surface area contributed by atoms with Crippen molar-refractivity contribution in [3.8, 4) is 0 Å². The van der Waals surface area contributed by atoms with E-state index in [0.29, 0.717) is 4.65 Å². The summed E-state index contributed by atoms with van der Waals surface area (Å²) in [6.45, 7) is 2.84. The lowest BCUT2D eigenvalue weighted by atomic mass is 10.8. The van der Waals surface area contributed by atoms with Gasteiger partial charge >= 0.3 is 0 Å². The van der Waals surface area contributed by atoms with Crippen molar-refractivity contribution in [2.24, 2.45) is 0 Å². The van der Waals surface area contributed by atoms with Gasteiger partial charge in [-0.1, -0.05) is 6.92 Å². The van der Waals surface area contributed by atoms with Crippen molar-refractivity contribution >= 4 is 0 Å². The summed E-state index contributed by atoms with van der Waals surface area (Å²) in [5.41, 5.74) is 2.76. The number of nitrogens with zero attached hydrogens (tertiary/aromatic N) is 1. The molecule has 0 unspecified atom stereocenters. The van der Waals surface area contributed by atoms with Gasteiger partial charge in [0.1, 0.15) is 0 Å². The standard InChI is InChI=1S/C5H15N2O/c1-5-6-8-7(2,3)4/h6H,5H2,1-4H3/q+1. The highest BCUT2D eigenvalue weighted by atomic mass is 16.8. The van der Waals surface area contributed by atoms with Gasteiger partial charge in [0.05, 0.1) is 21.1 Å².